The van der Waals surface area contributed by atoms with Gasteiger partial charge >= 0.3 is 12.2 Å². The van der Waals surface area contributed by atoms with Crippen LogP contribution >= 0.6 is 0 Å². The molecule has 10 heteroatoms. The Balaban J connectivity index is 2.42. The summed E-state index contributed by atoms with van der Waals surface area (Å²) in [6, 6.07) is 8.79. The number of aldehydes is 1. The van der Waals surface area contributed by atoms with Crippen molar-refractivity contribution < 1.29 is 28.7 Å². The van der Waals surface area contributed by atoms with Crippen LogP contribution in [-0.4, -0.2) is 49.1 Å². The van der Waals surface area contributed by atoms with Gasteiger partial charge in [-0.25, -0.2) is 15.0 Å². The van der Waals surface area contributed by atoms with E-state index in [1.54, 1.807) is 20.8 Å². The summed E-state index contributed by atoms with van der Waals surface area (Å²) in [5.74, 6) is -0.391. The normalized spacial score (nSPS) is 11.7. The first-order valence-electron chi connectivity index (χ1n) is 10.1. The molecule has 0 aromatic heterocycles. The van der Waals surface area contributed by atoms with Gasteiger partial charge < -0.3 is 24.9 Å². The Kier molecular flexibility index (Phi) is 11.7. The van der Waals surface area contributed by atoms with Gasteiger partial charge in [-0.1, -0.05) is 30.3 Å². The molecule has 0 aliphatic carbocycles. The molecule has 10 nitrogen and oxygen atoms in total. The standard InChI is InChI=1S/C21H32N4O6/c1-21(2,3)31-20(29)24-17(14-18(27)25-23-12-13-26)10-7-11-22-19(28)30-15-16-8-5-4-6-9-16/h4-6,8-9,13,17,23H,7,10-12,14-15H2,1-3H3,(H,22,28)(H,24,29)(H,25,27)/t17-/m0/s1. The smallest absolute Gasteiger partial charge is 0.407 e. The molecule has 1 rings (SSSR count). The highest BCUT2D eigenvalue weighted by atomic mass is 16.6. The van der Waals surface area contributed by atoms with Crippen molar-refractivity contribution >= 4 is 24.4 Å². The fraction of sp³-hybridized carbons (Fsp3) is 0.524. The second-order valence-electron chi connectivity index (χ2n) is 7.77. The number of amides is 3. The van der Waals surface area contributed by atoms with Crippen LogP contribution in [0.4, 0.5) is 9.59 Å². The molecule has 31 heavy (non-hydrogen) atoms. The minimum Gasteiger partial charge on any atom is -0.445 e. The van der Waals surface area contributed by atoms with Crippen LogP contribution in [0.5, 0.6) is 0 Å². The van der Waals surface area contributed by atoms with Crippen molar-refractivity contribution in [2.24, 2.45) is 0 Å². The zero-order valence-corrected chi connectivity index (χ0v) is 18.2. The van der Waals surface area contributed by atoms with Crippen molar-refractivity contribution in [1.29, 1.82) is 0 Å². The molecule has 0 saturated carbocycles. The van der Waals surface area contributed by atoms with Gasteiger partial charge in [0.25, 0.3) is 0 Å². The number of hydrogen-bond acceptors (Lipinski definition) is 7. The van der Waals surface area contributed by atoms with Gasteiger partial charge in [0.1, 0.15) is 18.5 Å². The second-order valence-corrected chi connectivity index (χ2v) is 7.77. The number of hydrogen-bond donors (Lipinski definition) is 4. The average Bonchev–Trinajstić information content (AvgIpc) is 2.69. The lowest BCUT2D eigenvalue weighted by Crippen LogP contribution is -2.45. The monoisotopic (exact) mass is 436 g/mol. The maximum absolute atomic E-state index is 12.1. The first-order valence-corrected chi connectivity index (χ1v) is 10.1. The van der Waals surface area contributed by atoms with Crippen molar-refractivity contribution in [3.63, 3.8) is 0 Å². The van der Waals surface area contributed by atoms with Crippen LogP contribution in [0.2, 0.25) is 0 Å². The van der Waals surface area contributed by atoms with Gasteiger partial charge in [0.15, 0.2) is 0 Å². The number of hydrazine groups is 1. The Morgan fingerprint density at radius 3 is 2.45 bits per heavy atom. The summed E-state index contributed by atoms with van der Waals surface area (Å²) in [4.78, 5) is 46.1. The van der Waals surface area contributed by atoms with Crippen LogP contribution in [0.15, 0.2) is 30.3 Å². The van der Waals surface area contributed by atoms with Gasteiger partial charge in [0.2, 0.25) is 5.91 Å². The maximum atomic E-state index is 12.1. The highest BCUT2D eigenvalue weighted by Crippen LogP contribution is 2.09. The third-order valence-electron chi connectivity index (χ3n) is 3.78. The summed E-state index contributed by atoms with van der Waals surface area (Å²) < 4.78 is 10.4. The van der Waals surface area contributed by atoms with Gasteiger partial charge in [0.05, 0.1) is 6.54 Å². The Morgan fingerprint density at radius 2 is 1.81 bits per heavy atom. The highest BCUT2D eigenvalue weighted by Gasteiger charge is 2.21. The van der Waals surface area contributed by atoms with Gasteiger partial charge in [-0.2, -0.15) is 0 Å². The van der Waals surface area contributed by atoms with Crippen LogP contribution in [0.1, 0.15) is 45.6 Å². The lowest BCUT2D eigenvalue weighted by atomic mass is 10.1. The third kappa shape index (κ3) is 13.7. The van der Waals surface area contributed by atoms with Crippen LogP contribution in [-0.2, 0) is 25.7 Å². The van der Waals surface area contributed by atoms with E-state index < -0.39 is 29.7 Å². The number of ether oxygens (including phenoxy) is 2. The number of rotatable bonds is 12. The van der Waals surface area contributed by atoms with E-state index in [9.17, 15) is 19.2 Å². The molecule has 0 fully saturated rings. The van der Waals surface area contributed by atoms with E-state index in [1.165, 1.54) is 0 Å². The maximum Gasteiger partial charge on any atom is 0.407 e. The molecular formula is C21H32N4O6. The molecule has 172 valence electrons. The average molecular weight is 437 g/mol. The number of alkyl carbamates (subject to hydrolysis) is 2. The quantitative estimate of drug-likeness (QED) is 0.223. The van der Waals surface area contributed by atoms with E-state index >= 15 is 0 Å². The van der Waals surface area contributed by atoms with E-state index in [0.29, 0.717) is 25.7 Å². The van der Waals surface area contributed by atoms with Gasteiger partial charge in [-0.3, -0.25) is 10.2 Å². The Labute approximate surface area is 182 Å². The van der Waals surface area contributed by atoms with E-state index in [0.717, 1.165) is 5.56 Å². The summed E-state index contributed by atoms with van der Waals surface area (Å²) in [6.07, 6.45) is 0.315. The first kappa shape index (κ1) is 25.9. The van der Waals surface area contributed by atoms with E-state index in [-0.39, 0.29) is 19.6 Å². The molecule has 1 aromatic rings. The predicted octanol–water partition coefficient (Wildman–Crippen LogP) is 1.80. The number of carbonyl (C=O) groups excluding carboxylic acids is 4. The predicted molar refractivity (Wildman–Crippen MR) is 114 cm³/mol. The minimum atomic E-state index is -0.674. The Morgan fingerprint density at radius 1 is 1.10 bits per heavy atom. The number of carbonyl (C=O) groups is 4. The van der Waals surface area contributed by atoms with Crippen molar-refractivity contribution in [3.05, 3.63) is 35.9 Å². The largest absolute Gasteiger partial charge is 0.445 e. The zero-order chi connectivity index (χ0) is 23.1. The van der Waals surface area contributed by atoms with E-state index in [1.807, 2.05) is 30.3 Å². The summed E-state index contributed by atoms with van der Waals surface area (Å²) in [7, 11) is 0. The number of nitrogens with one attached hydrogen (secondary N) is 4. The molecule has 0 bridgehead atoms. The molecule has 0 unspecified atom stereocenters. The fourth-order valence-corrected chi connectivity index (χ4v) is 2.48. The summed E-state index contributed by atoms with van der Waals surface area (Å²) in [5, 5.41) is 5.30. The molecule has 1 atom stereocenters. The van der Waals surface area contributed by atoms with Crippen LogP contribution in [0.3, 0.4) is 0 Å². The molecule has 0 aliphatic heterocycles. The van der Waals surface area contributed by atoms with Crippen LogP contribution < -0.4 is 21.5 Å². The van der Waals surface area contributed by atoms with Crippen molar-refractivity contribution in [3.8, 4) is 0 Å². The molecule has 3 amide bonds. The van der Waals surface area contributed by atoms with E-state index in [4.69, 9.17) is 9.47 Å². The Bertz CT molecular complexity index is 706. The minimum absolute atomic E-state index is 0.0229. The van der Waals surface area contributed by atoms with Gasteiger partial charge in [-0.15, -0.1) is 0 Å². The first-order chi connectivity index (χ1) is 14.7. The summed E-state index contributed by atoms with van der Waals surface area (Å²) in [5.41, 5.74) is 5.04. The molecule has 0 saturated heterocycles. The van der Waals surface area contributed by atoms with Crippen molar-refractivity contribution in [2.45, 2.75) is 58.3 Å². The molecule has 1 aromatic carbocycles. The van der Waals surface area contributed by atoms with Crippen molar-refractivity contribution in [1.82, 2.24) is 21.5 Å². The molecular weight excluding hydrogens is 404 g/mol. The fourth-order valence-electron chi connectivity index (χ4n) is 2.48. The third-order valence-corrected chi connectivity index (χ3v) is 3.78. The van der Waals surface area contributed by atoms with Crippen molar-refractivity contribution in [2.75, 3.05) is 13.1 Å². The van der Waals surface area contributed by atoms with Gasteiger partial charge in [0, 0.05) is 19.0 Å². The molecule has 4 N–H and O–H groups in total. The number of benzene rings is 1. The van der Waals surface area contributed by atoms with Gasteiger partial charge in [-0.05, 0) is 39.2 Å². The SMILES string of the molecule is CC(C)(C)OC(=O)N[C@@H](CCCNC(=O)OCc1ccccc1)CC(=O)NNCC=O. The topological polar surface area (TPSA) is 135 Å². The van der Waals surface area contributed by atoms with Crippen LogP contribution in [0.25, 0.3) is 0 Å². The second kappa shape index (κ2) is 14.0. The molecule has 0 aliphatic rings. The lowest BCUT2D eigenvalue weighted by Gasteiger charge is -2.23. The summed E-state index contributed by atoms with van der Waals surface area (Å²) in [6.45, 7) is 5.67. The zero-order valence-electron chi connectivity index (χ0n) is 18.2. The highest BCUT2D eigenvalue weighted by molar-refractivity contribution is 5.77. The Hall–Kier alpha value is -3.14. The molecule has 0 radical (unpaired) electrons. The summed E-state index contributed by atoms with van der Waals surface area (Å²) >= 11 is 0. The lowest BCUT2D eigenvalue weighted by molar-refractivity contribution is -0.122. The molecule has 0 heterocycles. The van der Waals surface area contributed by atoms with Crippen LogP contribution in [0, 0.1) is 0 Å². The molecule has 0 spiro atoms. The van der Waals surface area contributed by atoms with E-state index in [2.05, 4.69) is 21.5 Å².